The Morgan fingerprint density at radius 2 is 2.05 bits per heavy atom. The molecular weight excluding hydrogens is 291 g/mol. The standard InChI is InChI=1S/C16H17N2.2ClH/c1-16(2)12-18(11-13-7-5-6-10-17-13)15-9-4-3-8-14(15)16;;/h4-10H,11-12H2,1-2H3;2*1H. The van der Waals surface area contributed by atoms with E-state index in [1.54, 1.807) is 0 Å². The number of benzene rings is 1. The zero-order chi connectivity index (χ0) is 12.6. The molecule has 0 amide bonds. The number of pyridine rings is 1. The molecule has 0 N–H and O–H groups in total. The van der Waals surface area contributed by atoms with E-state index in [0.717, 1.165) is 18.8 Å². The summed E-state index contributed by atoms with van der Waals surface area (Å²) in [7, 11) is 0. The van der Waals surface area contributed by atoms with Crippen molar-refractivity contribution in [2.24, 2.45) is 0 Å². The second-order valence-electron chi connectivity index (χ2n) is 5.50. The highest BCUT2D eigenvalue weighted by molar-refractivity contribution is 5.85. The van der Waals surface area contributed by atoms with Crippen molar-refractivity contribution in [3.63, 3.8) is 0 Å². The van der Waals surface area contributed by atoms with Gasteiger partial charge >= 0.3 is 0 Å². The first-order valence-electron chi connectivity index (χ1n) is 6.32. The summed E-state index contributed by atoms with van der Waals surface area (Å²) >= 11 is 0. The molecule has 1 aliphatic rings. The topological polar surface area (TPSA) is 16.1 Å². The summed E-state index contributed by atoms with van der Waals surface area (Å²) in [5.74, 6) is 0. The molecule has 0 unspecified atom stereocenters. The number of rotatable bonds is 2. The van der Waals surface area contributed by atoms with Gasteiger partial charge in [0.15, 0.2) is 0 Å². The first-order valence-corrected chi connectivity index (χ1v) is 6.32. The van der Waals surface area contributed by atoms with Gasteiger partial charge in [0, 0.05) is 23.8 Å². The Labute approximate surface area is 133 Å². The molecule has 4 heteroatoms. The number of anilines is 1. The fourth-order valence-electron chi connectivity index (χ4n) is 2.72. The molecule has 3 rings (SSSR count). The summed E-state index contributed by atoms with van der Waals surface area (Å²) in [6.45, 7) is 6.49. The van der Waals surface area contributed by atoms with Crippen LogP contribution in [0, 0.1) is 6.07 Å². The second-order valence-corrected chi connectivity index (χ2v) is 5.50. The van der Waals surface area contributed by atoms with Gasteiger partial charge in [-0.25, -0.2) is 0 Å². The van der Waals surface area contributed by atoms with Gasteiger partial charge in [-0.3, -0.25) is 4.98 Å². The van der Waals surface area contributed by atoms with Crippen molar-refractivity contribution >= 4 is 30.5 Å². The van der Waals surface area contributed by atoms with Gasteiger partial charge in [-0.2, -0.15) is 0 Å². The lowest BCUT2D eigenvalue weighted by Crippen LogP contribution is -2.28. The molecule has 107 valence electrons. The van der Waals surface area contributed by atoms with Crippen LogP contribution in [0.1, 0.15) is 25.1 Å². The molecule has 0 bridgehead atoms. The maximum absolute atomic E-state index is 4.41. The molecule has 20 heavy (non-hydrogen) atoms. The molecule has 1 aromatic heterocycles. The van der Waals surface area contributed by atoms with Gasteiger partial charge in [0.2, 0.25) is 0 Å². The molecule has 0 atom stereocenters. The monoisotopic (exact) mass is 309 g/mol. The van der Waals surface area contributed by atoms with Crippen molar-refractivity contribution in [1.29, 1.82) is 0 Å². The molecule has 0 spiro atoms. The van der Waals surface area contributed by atoms with Gasteiger partial charge in [-0.15, -0.1) is 24.8 Å². The van der Waals surface area contributed by atoms with Crippen LogP contribution in [0.15, 0.2) is 42.6 Å². The number of hydrogen-bond donors (Lipinski definition) is 0. The molecule has 0 saturated carbocycles. The first-order chi connectivity index (χ1) is 8.67. The third kappa shape index (κ3) is 3.08. The average Bonchev–Trinajstić information content (AvgIpc) is 2.63. The lowest BCUT2D eigenvalue weighted by atomic mass is 9.87. The number of aromatic nitrogens is 1. The van der Waals surface area contributed by atoms with E-state index in [4.69, 9.17) is 0 Å². The molecule has 1 aromatic carbocycles. The van der Waals surface area contributed by atoms with E-state index in [0.29, 0.717) is 0 Å². The maximum atomic E-state index is 4.41. The number of hydrogen-bond acceptors (Lipinski definition) is 2. The van der Waals surface area contributed by atoms with Crippen molar-refractivity contribution in [3.8, 4) is 0 Å². The third-order valence-electron chi connectivity index (χ3n) is 3.58. The predicted octanol–water partition coefficient (Wildman–Crippen LogP) is 4.02. The minimum absolute atomic E-state index is 0. The van der Waals surface area contributed by atoms with Gasteiger partial charge in [0.25, 0.3) is 0 Å². The fraction of sp³-hybridized carbons (Fsp3) is 0.312. The smallest absolute Gasteiger partial charge is 0.0602 e. The zero-order valence-corrected chi connectivity index (χ0v) is 13.3. The number of nitrogens with zero attached hydrogens (tertiary/aromatic N) is 2. The Morgan fingerprint density at radius 1 is 1.25 bits per heavy atom. The fourth-order valence-corrected chi connectivity index (χ4v) is 2.72. The van der Waals surface area contributed by atoms with E-state index in [-0.39, 0.29) is 30.2 Å². The highest BCUT2D eigenvalue weighted by Crippen LogP contribution is 2.40. The summed E-state index contributed by atoms with van der Waals surface area (Å²) in [5, 5.41) is 0. The largest absolute Gasteiger partial charge is 0.365 e. The molecule has 1 aliphatic heterocycles. The van der Waals surface area contributed by atoms with E-state index >= 15 is 0 Å². The van der Waals surface area contributed by atoms with E-state index < -0.39 is 0 Å². The summed E-state index contributed by atoms with van der Waals surface area (Å²) in [6.07, 6.45) is 1.86. The maximum Gasteiger partial charge on any atom is 0.0602 e. The van der Waals surface area contributed by atoms with E-state index in [9.17, 15) is 0 Å². The first kappa shape index (κ1) is 16.8. The highest BCUT2D eigenvalue weighted by Gasteiger charge is 2.34. The van der Waals surface area contributed by atoms with Gasteiger partial charge in [0.05, 0.1) is 12.2 Å². The normalized spacial score (nSPS) is 15.0. The average molecular weight is 310 g/mol. The van der Waals surface area contributed by atoms with Gasteiger partial charge in [-0.05, 0) is 35.9 Å². The van der Waals surface area contributed by atoms with E-state index in [1.807, 2.05) is 24.4 Å². The van der Waals surface area contributed by atoms with Crippen LogP contribution in [0.5, 0.6) is 0 Å². The highest BCUT2D eigenvalue weighted by atomic mass is 35.5. The van der Waals surface area contributed by atoms with Gasteiger partial charge in [0.1, 0.15) is 0 Å². The second kappa shape index (κ2) is 6.47. The van der Waals surface area contributed by atoms with E-state index in [1.165, 1.54) is 11.3 Å². The third-order valence-corrected chi connectivity index (χ3v) is 3.58. The van der Waals surface area contributed by atoms with Crippen molar-refractivity contribution in [3.05, 3.63) is 59.9 Å². The van der Waals surface area contributed by atoms with Crippen LogP contribution in [0.3, 0.4) is 0 Å². The Bertz CT molecular complexity index is 555. The molecule has 2 nitrogen and oxygen atoms in total. The van der Waals surface area contributed by atoms with Gasteiger partial charge < -0.3 is 4.90 Å². The van der Waals surface area contributed by atoms with Crippen LogP contribution < -0.4 is 4.90 Å². The zero-order valence-electron chi connectivity index (χ0n) is 11.7. The SMILES string of the molecule is CC1(C)CN(Cc2ccccn2)c2cc[c]cc21.Cl.Cl. The minimum atomic E-state index is 0. The van der Waals surface area contributed by atoms with Crippen molar-refractivity contribution in [1.82, 2.24) is 4.98 Å². The Hall–Kier alpha value is -1.25. The van der Waals surface area contributed by atoms with Crippen LogP contribution in [-0.2, 0) is 12.0 Å². The summed E-state index contributed by atoms with van der Waals surface area (Å²) in [5.41, 5.74) is 4.03. The van der Waals surface area contributed by atoms with Crippen LogP contribution in [-0.4, -0.2) is 11.5 Å². The van der Waals surface area contributed by atoms with Crippen LogP contribution >= 0.6 is 24.8 Å². The lowest BCUT2D eigenvalue weighted by Gasteiger charge is -2.22. The number of halogens is 2. The van der Waals surface area contributed by atoms with Crippen LogP contribution in [0.25, 0.3) is 0 Å². The quantitative estimate of drug-likeness (QED) is 0.833. The Kier molecular flexibility index (Phi) is 5.43. The van der Waals surface area contributed by atoms with Crippen molar-refractivity contribution in [2.45, 2.75) is 25.8 Å². The molecule has 2 heterocycles. The lowest BCUT2D eigenvalue weighted by molar-refractivity contribution is 0.548. The molecule has 2 aromatic rings. The molecule has 0 fully saturated rings. The predicted molar refractivity (Wildman–Crippen MR) is 88.1 cm³/mol. The molecule has 0 saturated heterocycles. The number of fused-ring (bicyclic) bond motifs is 1. The minimum Gasteiger partial charge on any atom is -0.365 e. The van der Waals surface area contributed by atoms with Crippen LogP contribution in [0.4, 0.5) is 5.69 Å². The Balaban J connectivity index is 0.000001000. The van der Waals surface area contributed by atoms with Crippen LogP contribution in [0.2, 0.25) is 0 Å². The summed E-state index contributed by atoms with van der Waals surface area (Å²) < 4.78 is 0. The van der Waals surface area contributed by atoms with Gasteiger partial charge in [-0.1, -0.05) is 26.0 Å². The molecular formula is C16H19Cl2N2. The van der Waals surface area contributed by atoms with Crippen molar-refractivity contribution in [2.75, 3.05) is 11.4 Å². The molecule has 0 aliphatic carbocycles. The summed E-state index contributed by atoms with van der Waals surface area (Å²) in [6, 6.07) is 15.5. The summed E-state index contributed by atoms with van der Waals surface area (Å²) in [4.78, 5) is 6.82. The van der Waals surface area contributed by atoms with E-state index in [2.05, 4.69) is 48.0 Å². The molecule has 1 radical (unpaired) electrons. The Morgan fingerprint density at radius 3 is 2.75 bits per heavy atom. The van der Waals surface area contributed by atoms with Crippen molar-refractivity contribution < 1.29 is 0 Å².